The summed E-state index contributed by atoms with van der Waals surface area (Å²) in [4.78, 5) is 0. The smallest absolute Gasteiger partial charge is 0.145 e. The highest BCUT2D eigenvalue weighted by Gasteiger charge is 2.10. The Kier molecular flexibility index (Phi) is 2.99. The summed E-state index contributed by atoms with van der Waals surface area (Å²) in [5.74, 6) is 0.799. The molecule has 5 nitrogen and oxygen atoms in total. The topological polar surface area (TPSA) is 74.2 Å². The van der Waals surface area contributed by atoms with E-state index in [4.69, 9.17) is 10.5 Å². The Morgan fingerprint density at radius 2 is 2.00 bits per heavy atom. The summed E-state index contributed by atoms with van der Waals surface area (Å²) in [6.45, 7) is 6.08. The van der Waals surface area contributed by atoms with Crippen molar-refractivity contribution in [2.45, 2.75) is 27.4 Å². The van der Waals surface area contributed by atoms with Crippen LogP contribution < -0.4 is 10.5 Å². The highest BCUT2D eigenvalue weighted by atomic mass is 16.6. The molecule has 2 aromatic rings. The molecule has 0 aliphatic rings. The van der Waals surface area contributed by atoms with E-state index >= 15 is 0 Å². The summed E-state index contributed by atoms with van der Waals surface area (Å²) in [7, 11) is 0. The number of hydrogen-bond acceptors (Lipinski definition) is 5. The second kappa shape index (κ2) is 4.45. The molecular formula is C12H15N3O2. The van der Waals surface area contributed by atoms with Gasteiger partial charge in [-0.1, -0.05) is 16.4 Å². The standard InChI is InChI=1S/C12H15N3O2/c1-7-4-5-10(13)8(2)12(7)16-6-11-9(3)14-17-15-11/h4-5H,6,13H2,1-3H3. The number of nitrogen functional groups attached to an aromatic ring is 1. The number of anilines is 1. The number of aromatic nitrogens is 2. The quantitative estimate of drug-likeness (QED) is 0.822. The summed E-state index contributed by atoms with van der Waals surface area (Å²) in [5.41, 5.74) is 10.00. The Morgan fingerprint density at radius 1 is 1.24 bits per heavy atom. The van der Waals surface area contributed by atoms with Gasteiger partial charge in [-0.15, -0.1) is 0 Å². The van der Waals surface area contributed by atoms with Crippen molar-refractivity contribution in [2.24, 2.45) is 0 Å². The zero-order valence-electron chi connectivity index (χ0n) is 10.2. The molecule has 0 unspecified atom stereocenters. The van der Waals surface area contributed by atoms with Crippen LogP contribution in [0.2, 0.25) is 0 Å². The zero-order chi connectivity index (χ0) is 12.4. The molecule has 0 radical (unpaired) electrons. The molecule has 1 heterocycles. The van der Waals surface area contributed by atoms with E-state index in [1.54, 1.807) is 0 Å². The Labute approximate surface area is 99.5 Å². The summed E-state index contributed by atoms with van der Waals surface area (Å²) in [5, 5.41) is 7.47. The predicted molar refractivity (Wildman–Crippen MR) is 63.7 cm³/mol. The van der Waals surface area contributed by atoms with E-state index in [0.29, 0.717) is 12.3 Å². The van der Waals surface area contributed by atoms with Crippen LogP contribution in [0.1, 0.15) is 22.5 Å². The van der Waals surface area contributed by atoms with Gasteiger partial charge in [-0.25, -0.2) is 4.63 Å². The fourth-order valence-electron chi connectivity index (χ4n) is 1.59. The van der Waals surface area contributed by atoms with Crippen molar-refractivity contribution in [1.29, 1.82) is 0 Å². The molecule has 0 fully saturated rings. The fourth-order valence-corrected chi connectivity index (χ4v) is 1.59. The van der Waals surface area contributed by atoms with Gasteiger partial charge in [-0.05, 0) is 32.4 Å². The third-order valence-electron chi connectivity index (χ3n) is 2.74. The monoisotopic (exact) mass is 233 g/mol. The molecule has 0 aliphatic heterocycles. The van der Waals surface area contributed by atoms with Gasteiger partial charge in [0.2, 0.25) is 0 Å². The minimum atomic E-state index is 0.334. The Bertz CT molecular complexity index is 535. The normalized spacial score (nSPS) is 10.5. The van der Waals surface area contributed by atoms with Crippen molar-refractivity contribution in [3.8, 4) is 5.75 Å². The molecule has 0 bridgehead atoms. The molecular weight excluding hydrogens is 218 g/mol. The van der Waals surface area contributed by atoms with E-state index in [2.05, 4.69) is 14.9 Å². The van der Waals surface area contributed by atoms with Crippen LogP contribution in [0.5, 0.6) is 5.75 Å². The van der Waals surface area contributed by atoms with Gasteiger partial charge in [0.25, 0.3) is 0 Å². The van der Waals surface area contributed by atoms with E-state index in [9.17, 15) is 0 Å². The van der Waals surface area contributed by atoms with Gasteiger partial charge in [0, 0.05) is 11.3 Å². The van der Waals surface area contributed by atoms with Crippen LogP contribution in [0.4, 0.5) is 5.69 Å². The molecule has 17 heavy (non-hydrogen) atoms. The van der Waals surface area contributed by atoms with Gasteiger partial charge in [0.05, 0.1) is 0 Å². The number of benzene rings is 1. The van der Waals surface area contributed by atoms with Gasteiger partial charge in [-0.2, -0.15) is 0 Å². The highest BCUT2D eigenvalue weighted by molar-refractivity contribution is 5.56. The van der Waals surface area contributed by atoms with Crippen molar-refractivity contribution < 1.29 is 9.37 Å². The lowest BCUT2D eigenvalue weighted by Gasteiger charge is -2.12. The van der Waals surface area contributed by atoms with E-state index < -0.39 is 0 Å². The molecule has 0 saturated heterocycles. The van der Waals surface area contributed by atoms with Crippen molar-refractivity contribution in [3.05, 3.63) is 34.6 Å². The van der Waals surface area contributed by atoms with Crippen molar-refractivity contribution >= 4 is 5.69 Å². The Morgan fingerprint density at radius 3 is 2.65 bits per heavy atom. The van der Waals surface area contributed by atoms with E-state index in [1.165, 1.54) is 0 Å². The van der Waals surface area contributed by atoms with Crippen molar-refractivity contribution in [1.82, 2.24) is 10.3 Å². The maximum atomic E-state index is 5.84. The summed E-state index contributed by atoms with van der Waals surface area (Å²) >= 11 is 0. The second-order valence-corrected chi connectivity index (χ2v) is 4.01. The average Bonchev–Trinajstić information content (AvgIpc) is 2.70. The van der Waals surface area contributed by atoms with Gasteiger partial charge in [0.1, 0.15) is 23.7 Å². The highest BCUT2D eigenvalue weighted by Crippen LogP contribution is 2.28. The Hall–Kier alpha value is -2.04. The zero-order valence-corrected chi connectivity index (χ0v) is 10.2. The first-order chi connectivity index (χ1) is 8.09. The maximum absolute atomic E-state index is 5.84. The summed E-state index contributed by atoms with van der Waals surface area (Å²) < 4.78 is 10.3. The molecule has 1 aromatic heterocycles. The molecule has 1 aromatic carbocycles. The van der Waals surface area contributed by atoms with Crippen molar-refractivity contribution in [3.63, 3.8) is 0 Å². The van der Waals surface area contributed by atoms with Crippen LogP contribution >= 0.6 is 0 Å². The molecule has 2 rings (SSSR count). The first-order valence-electron chi connectivity index (χ1n) is 5.36. The van der Waals surface area contributed by atoms with Gasteiger partial charge < -0.3 is 10.5 Å². The number of rotatable bonds is 3. The maximum Gasteiger partial charge on any atom is 0.145 e. The van der Waals surface area contributed by atoms with Crippen LogP contribution in [0.25, 0.3) is 0 Å². The molecule has 90 valence electrons. The minimum Gasteiger partial charge on any atom is -0.486 e. The number of hydrogen-bond donors (Lipinski definition) is 1. The molecule has 0 amide bonds. The Balaban J connectivity index is 2.20. The molecule has 5 heteroatoms. The van der Waals surface area contributed by atoms with E-state index in [1.807, 2.05) is 32.9 Å². The van der Waals surface area contributed by atoms with E-state index in [-0.39, 0.29) is 0 Å². The van der Waals surface area contributed by atoms with Gasteiger partial charge in [0.15, 0.2) is 0 Å². The van der Waals surface area contributed by atoms with Crippen molar-refractivity contribution in [2.75, 3.05) is 5.73 Å². The molecule has 0 aliphatic carbocycles. The second-order valence-electron chi connectivity index (χ2n) is 4.01. The van der Waals surface area contributed by atoms with Crippen LogP contribution in [-0.4, -0.2) is 10.3 Å². The fraction of sp³-hybridized carbons (Fsp3) is 0.333. The lowest BCUT2D eigenvalue weighted by Crippen LogP contribution is -2.02. The predicted octanol–water partition coefficient (Wildman–Crippen LogP) is 2.16. The van der Waals surface area contributed by atoms with E-state index in [0.717, 1.165) is 28.3 Å². The minimum absolute atomic E-state index is 0.334. The third kappa shape index (κ3) is 2.22. The van der Waals surface area contributed by atoms with Gasteiger partial charge >= 0.3 is 0 Å². The number of nitrogens with two attached hydrogens (primary N) is 1. The van der Waals surface area contributed by atoms with Crippen LogP contribution in [-0.2, 0) is 6.61 Å². The first-order valence-corrected chi connectivity index (χ1v) is 5.36. The third-order valence-corrected chi connectivity index (χ3v) is 2.74. The van der Waals surface area contributed by atoms with Crippen LogP contribution in [0.15, 0.2) is 16.8 Å². The first kappa shape index (κ1) is 11.4. The lowest BCUT2D eigenvalue weighted by atomic mass is 10.1. The number of ether oxygens (including phenoxy) is 1. The molecule has 0 saturated carbocycles. The summed E-state index contributed by atoms with van der Waals surface area (Å²) in [6.07, 6.45) is 0. The largest absolute Gasteiger partial charge is 0.486 e. The van der Waals surface area contributed by atoms with Crippen LogP contribution in [0.3, 0.4) is 0 Å². The summed E-state index contributed by atoms with van der Waals surface area (Å²) in [6, 6.07) is 3.81. The molecule has 0 spiro atoms. The average molecular weight is 233 g/mol. The SMILES string of the molecule is Cc1ccc(N)c(C)c1OCc1nonc1C. The lowest BCUT2D eigenvalue weighted by molar-refractivity contribution is 0.268. The molecule has 2 N–H and O–H groups in total. The van der Waals surface area contributed by atoms with Crippen LogP contribution in [0, 0.1) is 20.8 Å². The number of aryl methyl sites for hydroxylation is 2. The molecule has 0 atom stereocenters. The van der Waals surface area contributed by atoms with Gasteiger partial charge in [-0.3, -0.25) is 0 Å². The number of nitrogens with zero attached hydrogens (tertiary/aromatic N) is 2.